The first-order valence-electron chi connectivity index (χ1n) is 6.90. The maximum Gasteiger partial charge on any atom is 1.00 e. The third kappa shape index (κ3) is 45.3. The Hall–Kier alpha value is 1.07. The van der Waals surface area contributed by atoms with Gasteiger partial charge in [0.05, 0.1) is 0 Å². The van der Waals surface area contributed by atoms with E-state index in [1.165, 1.54) is 64.2 Å². The van der Waals surface area contributed by atoms with Crippen molar-refractivity contribution in [2.75, 3.05) is 6.54 Å². The Labute approximate surface area is 141 Å². The molecule has 0 fully saturated rings. The Kier molecular flexibility index (Phi) is 25.1. The summed E-state index contributed by atoms with van der Waals surface area (Å²) in [6.45, 7) is 3.14. The molecule has 114 valence electrons. The van der Waals surface area contributed by atoms with Crippen molar-refractivity contribution < 1.29 is 50.2 Å². The molecule has 0 aromatic heterocycles. The van der Waals surface area contributed by atoms with Gasteiger partial charge in [0, 0.05) is 0 Å². The minimum absolute atomic E-state index is 0. The third-order valence-electron chi connectivity index (χ3n) is 2.56. The Morgan fingerprint density at radius 1 is 0.842 bits per heavy atom. The van der Waals surface area contributed by atoms with E-state index in [0.29, 0.717) is 0 Å². The van der Waals surface area contributed by atoms with Crippen LogP contribution in [-0.2, 0) is 4.57 Å². The van der Waals surface area contributed by atoms with Crippen molar-refractivity contribution in [3.63, 3.8) is 0 Å². The maximum absolute atomic E-state index is 8.88. The van der Waals surface area contributed by atoms with Gasteiger partial charge in [-0.1, -0.05) is 64.7 Å². The molecule has 0 heterocycles. The van der Waals surface area contributed by atoms with Gasteiger partial charge < -0.3 is 21.8 Å². The number of nitrogens with two attached hydrogens (primary N) is 1. The van der Waals surface area contributed by atoms with Gasteiger partial charge in [0.25, 0.3) is 0 Å². The number of rotatable bonds is 10. The Morgan fingerprint density at radius 2 is 1.11 bits per heavy atom. The maximum atomic E-state index is 8.88. The number of unbranched alkanes of at least 4 members (excludes halogenated alkanes) is 9. The van der Waals surface area contributed by atoms with E-state index in [1.807, 2.05) is 0 Å². The van der Waals surface area contributed by atoms with Gasteiger partial charge in [-0.2, -0.15) is 0 Å². The van der Waals surface area contributed by atoms with Gasteiger partial charge in [0.2, 0.25) is 0 Å². The Balaban J connectivity index is -0.000000158. The first kappa shape index (κ1) is 25.0. The predicted octanol–water partition coefficient (Wildman–Crippen LogP) is 0.0539. The van der Waals surface area contributed by atoms with Crippen molar-refractivity contribution in [2.45, 2.75) is 71.1 Å². The van der Waals surface area contributed by atoms with Crippen LogP contribution in [0.1, 0.15) is 72.6 Å². The third-order valence-corrected chi connectivity index (χ3v) is 2.56. The minimum atomic E-state index is -4.64. The average molecular weight is 307 g/mol. The van der Waals surface area contributed by atoms with Gasteiger partial charge in [0.1, 0.15) is 0 Å². The summed E-state index contributed by atoms with van der Waals surface area (Å²) in [5.41, 5.74) is 5.42. The number of hydrogen-bond donors (Lipinski definition) is 4. The van der Waals surface area contributed by atoms with Crippen molar-refractivity contribution in [3.8, 4) is 0 Å². The van der Waals surface area contributed by atoms with Gasteiger partial charge in [0.15, 0.2) is 0 Å². The first-order chi connectivity index (χ1) is 8.41. The molecule has 0 aromatic carbocycles. The van der Waals surface area contributed by atoms with Crippen molar-refractivity contribution in [3.05, 3.63) is 0 Å². The van der Waals surface area contributed by atoms with Gasteiger partial charge in [-0.15, -0.1) is 0 Å². The topological polar surface area (TPSA) is 104 Å². The van der Waals surface area contributed by atoms with Crippen molar-refractivity contribution in [1.29, 1.82) is 0 Å². The van der Waals surface area contributed by atoms with E-state index in [4.69, 9.17) is 25.0 Å². The summed E-state index contributed by atoms with van der Waals surface area (Å²) in [6, 6.07) is 0. The molecule has 0 aromatic rings. The molecule has 0 spiro atoms. The SMILES string of the molecule is CCCCCCCCCCCCN.O=P(O)(O)O.[H-].[Na+]. The monoisotopic (exact) mass is 307 g/mol. The molecule has 0 unspecified atom stereocenters. The van der Waals surface area contributed by atoms with Crippen molar-refractivity contribution in [2.24, 2.45) is 5.73 Å². The van der Waals surface area contributed by atoms with Crippen LogP contribution in [0.5, 0.6) is 0 Å². The van der Waals surface area contributed by atoms with Gasteiger partial charge >= 0.3 is 37.4 Å². The summed E-state index contributed by atoms with van der Waals surface area (Å²) in [5.74, 6) is 0. The average Bonchev–Trinajstić information content (AvgIpc) is 2.25. The molecule has 0 saturated carbocycles. The number of hydrogen-bond acceptors (Lipinski definition) is 2. The van der Waals surface area contributed by atoms with E-state index < -0.39 is 7.82 Å². The minimum Gasteiger partial charge on any atom is -1.00 e. The summed E-state index contributed by atoms with van der Waals surface area (Å²) in [7, 11) is -4.64. The van der Waals surface area contributed by atoms with Crippen LogP contribution in [0.15, 0.2) is 0 Å². The molecular weight excluding hydrogens is 276 g/mol. The molecule has 0 saturated heterocycles. The standard InChI is InChI=1S/C12H27N.Na.H3O4P.H/c1-2-3-4-5-6-7-8-9-10-11-12-13;;1-5(2,3)4;/h2-13H2,1H3;;(H3,1,2,3,4);/q;+1;;-1. The van der Waals surface area contributed by atoms with Crippen molar-refractivity contribution >= 4 is 7.82 Å². The van der Waals surface area contributed by atoms with Gasteiger partial charge in [-0.05, 0) is 13.0 Å². The molecule has 7 heteroatoms. The Bertz CT molecular complexity index is 190. The van der Waals surface area contributed by atoms with E-state index in [9.17, 15) is 0 Å². The van der Waals surface area contributed by atoms with Crippen LogP contribution >= 0.6 is 7.82 Å². The fourth-order valence-corrected chi connectivity index (χ4v) is 1.63. The molecule has 19 heavy (non-hydrogen) atoms. The molecule has 0 radical (unpaired) electrons. The van der Waals surface area contributed by atoms with Crippen LogP contribution in [0, 0.1) is 0 Å². The molecule has 0 amide bonds. The molecule has 5 nitrogen and oxygen atoms in total. The van der Waals surface area contributed by atoms with E-state index in [0.717, 1.165) is 6.54 Å². The summed E-state index contributed by atoms with van der Waals surface area (Å²) in [4.78, 5) is 21.6. The second kappa shape index (κ2) is 19.1. The largest absolute Gasteiger partial charge is 1.00 e. The molecule has 0 bridgehead atoms. The second-order valence-electron chi connectivity index (χ2n) is 4.48. The predicted molar refractivity (Wildman–Crippen MR) is 76.3 cm³/mol. The first-order valence-corrected chi connectivity index (χ1v) is 8.46. The summed E-state index contributed by atoms with van der Waals surface area (Å²) in [5, 5.41) is 0. The molecule has 5 N–H and O–H groups in total. The van der Waals surface area contributed by atoms with E-state index in [-0.39, 0.29) is 31.0 Å². The Morgan fingerprint density at radius 3 is 1.37 bits per heavy atom. The van der Waals surface area contributed by atoms with Crippen LogP contribution in [0.2, 0.25) is 0 Å². The molecule has 0 aliphatic heterocycles. The van der Waals surface area contributed by atoms with Crippen molar-refractivity contribution in [1.82, 2.24) is 0 Å². The molecule has 0 rings (SSSR count). The zero-order chi connectivity index (χ0) is 14.3. The molecular formula is C12H31NNaO4P. The fourth-order valence-electron chi connectivity index (χ4n) is 1.63. The summed E-state index contributed by atoms with van der Waals surface area (Å²) in [6.07, 6.45) is 13.9. The van der Waals surface area contributed by atoms with Crippen LogP contribution < -0.4 is 35.3 Å². The number of phosphoric acid groups is 1. The quantitative estimate of drug-likeness (QED) is 0.259. The van der Waals surface area contributed by atoms with Crippen LogP contribution in [-0.4, -0.2) is 21.2 Å². The summed E-state index contributed by atoms with van der Waals surface area (Å²) < 4.78 is 8.88. The smallest absolute Gasteiger partial charge is 1.00 e. The van der Waals surface area contributed by atoms with Crippen LogP contribution in [0.3, 0.4) is 0 Å². The molecule has 0 aliphatic carbocycles. The van der Waals surface area contributed by atoms with E-state index >= 15 is 0 Å². The summed E-state index contributed by atoms with van der Waals surface area (Å²) >= 11 is 0. The van der Waals surface area contributed by atoms with Gasteiger partial charge in [-0.25, -0.2) is 4.57 Å². The van der Waals surface area contributed by atoms with E-state index in [2.05, 4.69) is 6.92 Å². The molecule has 0 atom stereocenters. The van der Waals surface area contributed by atoms with E-state index in [1.54, 1.807) is 0 Å². The van der Waals surface area contributed by atoms with Crippen LogP contribution in [0.4, 0.5) is 0 Å². The second-order valence-corrected chi connectivity index (χ2v) is 5.51. The van der Waals surface area contributed by atoms with Gasteiger partial charge in [-0.3, -0.25) is 0 Å². The van der Waals surface area contributed by atoms with Crippen LogP contribution in [0.25, 0.3) is 0 Å². The molecule has 0 aliphatic rings. The fraction of sp³-hybridized carbons (Fsp3) is 1.00. The zero-order valence-electron chi connectivity index (χ0n) is 13.6. The zero-order valence-corrected chi connectivity index (χ0v) is 15.4. The normalized spacial score (nSPS) is 10.4.